The van der Waals surface area contributed by atoms with Gasteiger partial charge in [-0.25, -0.2) is 4.79 Å². The summed E-state index contributed by atoms with van der Waals surface area (Å²) in [6, 6.07) is 10.7. The highest BCUT2D eigenvalue weighted by molar-refractivity contribution is 6.04. The lowest BCUT2D eigenvalue weighted by atomic mass is 10.1. The molecule has 2 aromatic rings. The molecule has 0 bridgehead atoms. The van der Waals surface area contributed by atoms with Gasteiger partial charge in [0.25, 0.3) is 5.91 Å². The molecule has 1 aliphatic heterocycles. The van der Waals surface area contributed by atoms with E-state index >= 15 is 0 Å². The van der Waals surface area contributed by atoms with Gasteiger partial charge in [-0.05, 0) is 49.2 Å². The number of hydrogen-bond donors (Lipinski definition) is 3. The Morgan fingerprint density at radius 2 is 1.79 bits per heavy atom. The lowest BCUT2D eigenvalue weighted by Gasteiger charge is -2.25. The number of rotatable bonds is 5. The zero-order valence-corrected chi connectivity index (χ0v) is 14.7. The highest BCUT2D eigenvalue weighted by Gasteiger charge is 2.35. The maximum absolute atomic E-state index is 12.8. The molecule has 1 heterocycles. The van der Waals surface area contributed by atoms with E-state index in [4.69, 9.17) is 5.21 Å². The fourth-order valence-electron chi connectivity index (χ4n) is 3.17. The summed E-state index contributed by atoms with van der Waals surface area (Å²) in [5.74, 6) is -2.00. The summed E-state index contributed by atoms with van der Waals surface area (Å²) >= 11 is 0. The van der Waals surface area contributed by atoms with Gasteiger partial charge in [0.1, 0.15) is 6.04 Å². The number of anilines is 2. The first-order chi connectivity index (χ1) is 13.4. The van der Waals surface area contributed by atoms with Gasteiger partial charge in [-0.1, -0.05) is 12.1 Å². The Kier molecular flexibility index (Phi) is 5.57. The van der Waals surface area contributed by atoms with E-state index in [-0.39, 0.29) is 33.6 Å². The second-order valence-electron chi connectivity index (χ2n) is 6.32. The van der Waals surface area contributed by atoms with Crippen LogP contribution in [0.3, 0.4) is 0 Å². The average molecular weight is 384 g/mol. The zero-order chi connectivity index (χ0) is 20.3. The molecule has 2 amide bonds. The summed E-state index contributed by atoms with van der Waals surface area (Å²) in [5.41, 5.74) is 0.393. The summed E-state index contributed by atoms with van der Waals surface area (Å²) < 4.78 is 0. The second kappa shape index (κ2) is 8.07. The predicted molar refractivity (Wildman–Crippen MR) is 100 cm³/mol. The number of aromatic carboxylic acids is 1. The Labute approximate surface area is 160 Å². The average Bonchev–Trinajstić information content (AvgIpc) is 3.17. The molecule has 0 aromatic heterocycles. The van der Waals surface area contributed by atoms with E-state index in [0.717, 1.165) is 0 Å². The van der Waals surface area contributed by atoms with Gasteiger partial charge in [0, 0.05) is 12.1 Å². The van der Waals surface area contributed by atoms with Crippen LogP contribution < -0.4 is 10.5 Å². The van der Waals surface area contributed by atoms with Gasteiger partial charge >= 0.3 is 5.97 Å². The molecule has 1 fully saturated rings. The van der Waals surface area contributed by atoms with Crippen LogP contribution in [0.1, 0.15) is 33.6 Å². The third kappa shape index (κ3) is 3.95. The molecule has 3 rings (SSSR count). The van der Waals surface area contributed by atoms with Crippen LogP contribution in [-0.4, -0.2) is 45.6 Å². The molecule has 0 spiro atoms. The van der Waals surface area contributed by atoms with Crippen molar-refractivity contribution in [2.45, 2.75) is 18.9 Å². The number of carbonyl (C=O) groups excluding carboxylic acids is 2. The molecule has 1 saturated heterocycles. The van der Waals surface area contributed by atoms with Gasteiger partial charge in [-0.3, -0.25) is 14.8 Å². The molecule has 1 aliphatic rings. The molecule has 3 N–H and O–H groups in total. The largest absolute Gasteiger partial charge is 0.733 e. The van der Waals surface area contributed by atoms with Crippen LogP contribution >= 0.6 is 0 Å². The topological polar surface area (TPSA) is 133 Å². The number of nitrogens with zero attached hydrogens (tertiary/aromatic N) is 2. The first-order valence-electron chi connectivity index (χ1n) is 8.59. The van der Waals surface area contributed by atoms with E-state index in [1.807, 2.05) is 0 Å². The predicted octanol–water partition coefficient (Wildman–Crippen LogP) is 2.32. The van der Waals surface area contributed by atoms with E-state index < -0.39 is 17.9 Å². The van der Waals surface area contributed by atoms with Crippen molar-refractivity contribution in [1.82, 2.24) is 4.90 Å². The third-order valence-corrected chi connectivity index (χ3v) is 4.57. The Bertz CT molecular complexity index is 897. The van der Waals surface area contributed by atoms with Crippen molar-refractivity contribution in [3.8, 4) is 0 Å². The molecule has 9 nitrogen and oxygen atoms in total. The van der Waals surface area contributed by atoms with Gasteiger partial charge in [-0.15, -0.1) is 0 Å². The maximum atomic E-state index is 12.8. The standard InChI is InChI=1S/C19H18N3O6/c23-17(20-15-5-2-1-4-14(15)19(25)26)16-6-3-11-21(16)18(24)12-7-9-13(10-8-12)22(27)28/h1-2,4-5,7-10,16,27H,3,6,11H2,(H,20,23)(H,25,26)/q-1/t16-/m0/s1. The molecule has 9 heteroatoms. The van der Waals surface area contributed by atoms with Crippen molar-refractivity contribution < 1.29 is 24.7 Å². The minimum absolute atomic E-state index is 0.0162. The van der Waals surface area contributed by atoms with E-state index in [0.29, 0.717) is 19.4 Å². The number of benzene rings is 2. The van der Waals surface area contributed by atoms with E-state index in [2.05, 4.69) is 5.32 Å². The van der Waals surface area contributed by atoms with Crippen LogP contribution in [0, 0.1) is 5.21 Å². The zero-order valence-electron chi connectivity index (χ0n) is 14.7. The van der Waals surface area contributed by atoms with Crippen molar-refractivity contribution in [3.05, 3.63) is 64.9 Å². The smallest absolute Gasteiger partial charge is 0.337 e. The van der Waals surface area contributed by atoms with Crippen LogP contribution in [0.5, 0.6) is 0 Å². The Hall–Kier alpha value is -3.43. The fraction of sp³-hybridized carbons (Fsp3) is 0.211. The van der Waals surface area contributed by atoms with Crippen molar-refractivity contribution in [2.75, 3.05) is 17.1 Å². The Morgan fingerprint density at radius 3 is 2.43 bits per heavy atom. The maximum Gasteiger partial charge on any atom is 0.337 e. The normalized spacial score (nSPS) is 15.9. The van der Waals surface area contributed by atoms with Gasteiger partial charge in [-0.2, -0.15) is 0 Å². The Balaban J connectivity index is 1.76. The highest BCUT2D eigenvalue weighted by atomic mass is 16.8. The Morgan fingerprint density at radius 1 is 1.11 bits per heavy atom. The van der Waals surface area contributed by atoms with Gasteiger partial charge in [0.05, 0.1) is 16.9 Å². The van der Waals surface area contributed by atoms with Crippen LogP contribution in [0.4, 0.5) is 11.4 Å². The fourth-order valence-corrected chi connectivity index (χ4v) is 3.17. The molecule has 0 aliphatic carbocycles. The van der Waals surface area contributed by atoms with Crippen molar-refractivity contribution in [3.63, 3.8) is 0 Å². The summed E-state index contributed by atoms with van der Waals surface area (Å²) in [4.78, 5) is 38.2. The van der Waals surface area contributed by atoms with Crippen molar-refractivity contribution >= 4 is 29.2 Å². The van der Waals surface area contributed by atoms with Crippen molar-refractivity contribution in [1.29, 1.82) is 0 Å². The molecule has 1 atom stereocenters. The molecular weight excluding hydrogens is 366 g/mol. The summed E-state index contributed by atoms with van der Waals surface area (Å²) in [6.07, 6.45) is 1.09. The number of hydrogen-bond acceptors (Lipinski definition) is 6. The number of para-hydroxylation sites is 1. The second-order valence-corrected chi connectivity index (χ2v) is 6.32. The first kappa shape index (κ1) is 19.3. The molecule has 0 saturated carbocycles. The number of carbonyl (C=O) groups is 3. The number of amides is 2. The molecule has 0 unspecified atom stereocenters. The van der Waals surface area contributed by atoms with Crippen LogP contribution in [0.15, 0.2) is 48.5 Å². The number of carboxylic acid groups (broad SMARTS) is 1. The molecule has 28 heavy (non-hydrogen) atoms. The lowest BCUT2D eigenvalue weighted by Crippen LogP contribution is -2.43. The van der Waals surface area contributed by atoms with Crippen LogP contribution in [0.2, 0.25) is 0 Å². The first-order valence-corrected chi connectivity index (χ1v) is 8.59. The van der Waals surface area contributed by atoms with Crippen LogP contribution in [-0.2, 0) is 4.79 Å². The number of carboxylic acids is 1. The summed E-state index contributed by atoms with van der Waals surface area (Å²) in [5, 5.41) is 31.3. The van der Waals surface area contributed by atoms with E-state index in [1.54, 1.807) is 12.1 Å². The van der Waals surface area contributed by atoms with Crippen molar-refractivity contribution in [2.24, 2.45) is 0 Å². The minimum atomic E-state index is -1.16. The SMILES string of the molecule is O=C(O)c1ccccc1NC(=O)[C@@H]1CCCN1C(=O)c1ccc(N([O-])O)cc1. The quantitative estimate of drug-likeness (QED) is 0.674. The van der Waals surface area contributed by atoms with Crippen LogP contribution in [0.25, 0.3) is 0 Å². The van der Waals surface area contributed by atoms with E-state index in [1.165, 1.54) is 41.3 Å². The van der Waals surface area contributed by atoms with Gasteiger partial charge in [0.15, 0.2) is 0 Å². The molecule has 0 radical (unpaired) electrons. The summed E-state index contributed by atoms with van der Waals surface area (Å²) in [7, 11) is 0. The molecule has 2 aromatic carbocycles. The number of nitrogens with one attached hydrogen (secondary N) is 1. The van der Waals surface area contributed by atoms with Gasteiger partial charge in [0.2, 0.25) is 5.91 Å². The summed E-state index contributed by atoms with van der Waals surface area (Å²) in [6.45, 7) is 0.382. The molecule has 146 valence electrons. The lowest BCUT2D eigenvalue weighted by molar-refractivity contribution is -0.119. The third-order valence-electron chi connectivity index (χ3n) is 4.57. The van der Waals surface area contributed by atoms with Gasteiger partial charge < -0.3 is 25.8 Å². The highest BCUT2D eigenvalue weighted by Crippen LogP contribution is 2.24. The molecular formula is C19H18N3O6-. The monoisotopic (exact) mass is 384 g/mol. The van der Waals surface area contributed by atoms with E-state index in [9.17, 15) is 24.7 Å². The minimum Gasteiger partial charge on any atom is -0.733 e. The number of likely N-dealkylation sites (tertiary alicyclic amines) is 1.